The summed E-state index contributed by atoms with van der Waals surface area (Å²) in [6, 6.07) is 5.63. The highest BCUT2D eigenvalue weighted by molar-refractivity contribution is 5.75. The first-order valence-electron chi connectivity index (χ1n) is 4.76. The minimum atomic E-state index is -0.161. The van der Waals surface area contributed by atoms with E-state index in [1.165, 1.54) is 0 Å². The Bertz CT molecular complexity index is 358. The van der Waals surface area contributed by atoms with Crippen molar-refractivity contribution in [2.45, 2.75) is 19.8 Å². The number of aryl methyl sites for hydroxylation is 1. The third-order valence-electron chi connectivity index (χ3n) is 2.17. The van der Waals surface area contributed by atoms with E-state index in [0.29, 0.717) is 18.8 Å². The molecule has 0 fully saturated rings. The highest BCUT2D eigenvalue weighted by Crippen LogP contribution is 2.29. The number of hydrogen-bond acceptors (Lipinski definition) is 3. The molecule has 1 aromatic rings. The van der Waals surface area contributed by atoms with E-state index in [0.717, 1.165) is 17.7 Å². The Morgan fingerprint density at radius 3 is 3.07 bits per heavy atom. The molecule has 0 saturated heterocycles. The van der Waals surface area contributed by atoms with Crippen molar-refractivity contribution in [3.05, 3.63) is 23.8 Å². The van der Waals surface area contributed by atoms with Crippen molar-refractivity contribution in [2.24, 2.45) is 0 Å². The maximum Gasteiger partial charge on any atom is 0.311 e. The summed E-state index contributed by atoms with van der Waals surface area (Å²) in [6.45, 7) is 2.54. The van der Waals surface area contributed by atoms with Crippen LogP contribution in [0.15, 0.2) is 18.2 Å². The smallest absolute Gasteiger partial charge is 0.311 e. The van der Waals surface area contributed by atoms with Crippen LogP contribution < -0.4 is 9.47 Å². The van der Waals surface area contributed by atoms with Gasteiger partial charge >= 0.3 is 5.97 Å². The summed E-state index contributed by atoms with van der Waals surface area (Å²) in [5.41, 5.74) is 1.08. The number of rotatable bonds is 2. The van der Waals surface area contributed by atoms with Crippen molar-refractivity contribution < 1.29 is 14.3 Å². The SMILES string of the molecule is CCOc1ccc2c(c1)OC(=O)CC2. The van der Waals surface area contributed by atoms with Gasteiger partial charge in [-0.3, -0.25) is 4.79 Å². The maximum absolute atomic E-state index is 11.0. The minimum absolute atomic E-state index is 0.161. The molecule has 74 valence electrons. The summed E-state index contributed by atoms with van der Waals surface area (Å²) in [5.74, 6) is 1.24. The zero-order valence-electron chi connectivity index (χ0n) is 8.08. The highest BCUT2D eigenvalue weighted by Gasteiger charge is 2.17. The van der Waals surface area contributed by atoms with Crippen LogP contribution in [0.1, 0.15) is 18.9 Å². The molecular weight excluding hydrogens is 180 g/mol. The summed E-state index contributed by atoms with van der Waals surface area (Å²) in [5, 5.41) is 0. The lowest BCUT2D eigenvalue weighted by molar-refractivity contribution is -0.135. The average molecular weight is 192 g/mol. The van der Waals surface area contributed by atoms with E-state index in [9.17, 15) is 4.79 Å². The molecule has 14 heavy (non-hydrogen) atoms. The molecule has 0 unspecified atom stereocenters. The number of carbonyl (C=O) groups is 1. The van der Waals surface area contributed by atoms with Crippen molar-refractivity contribution in [3.8, 4) is 11.5 Å². The lowest BCUT2D eigenvalue weighted by atomic mass is 10.1. The average Bonchev–Trinajstić information content (AvgIpc) is 2.17. The zero-order valence-corrected chi connectivity index (χ0v) is 8.08. The fourth-order valence-electron chi connectivity index (χ4n) is 1.50. The van der Waals surface area contributed by atoms with Crippen LogP contribution in [-0.2, 0) is 11.2 Å². The molecule has 3 nitrogen and oxygen atoms in total. The number of ether oxygens (including phenoxy) is 2. The molecular formula is C11H12O3. The van der Waals surface area contributed by atoms with Crippen molar-refractivity contribution in [3.63, 3.8) is 0 Å². The largest absolute Gasteiger partial charge is 0.494 e. The molecule has 0 atom stereocenters. The Morgan fingerprint density at radius 1 is 1.43 bits per heavy atom. The number of esters is 1. The molecule has 0 spiro atoms. The van der Waals surface area contributed by atoms with Gasteiger partial charge in [0.1, 0.15) is 11.5 Å². The second kappa shape index (κ2) is 3.70. The molecule has 0 aliphatic carbocycles. The van der Waals surface area contributed by atoms with Gasteiger partial charge in [-0.25, -0.2) is 0 Å². The quantitative estimate of drug-likeness (QED) is 0.530. The van der Waals surface area contributed by atoms with E-state index in [1.807, 2.05) is 19.1 Å². The predicted molar refractivity (Wildman–Crippen MR) is 51.6 cm³/mol. The van der Waals surface area contributed by atoms with Crippen LogP contribution in [0.25, 0.3) is 0 Å². The monoisotopic (exact) mass is 192 g/mol. The van der Waals surface area contributed by atoms with Crippen molar-refractivity contribution >= 4 is 5.97 Å². The van der Waals surface area contributed by atoms with Gasteiger partial charge in [-0.05, 0) is 25.0 Å². The standard InChI is InChI=1S/C11H12O3/c1-2-13-9-5-3-8-4-6-11(12)14-10(8)7-9/h3,5,7H,2,4,6H2,1H3. The molecule has 0 radical (unpaired) electrons. The van der Waals surface area contributed by atoms with Gasteiger partial charge in [-0.2, -0.15) is 0 Å². The van der Waals surface area contributed by atoms with Crippen LogP contribution in [0.4, 0.5) is 0 Å². The van der Waals surface area contributed by atoms with Crippen molar-refractivity contribution in [1.29, 1.82) is 0 Å². The van der Waals surface area contributed by atoms with Gasteiger partial charge in [0, 0.05) is 6.07 Å². The molecule has 0 aromatic heterocycles. The normalized spacial score (nSPS) is 14.5. The van der Waals surface area contributed by atoms with Gasteiger partial charge in [0.2, 0.25) is 0 Å². The Kier molecular flexibility index (Phi) is 2.39. The van der Waals surface area contributed by atoms with Crippen LogP contribution in [0, 0.1) is 0 Å². The summed E-state index contributed by atoms with van der Waals surface area (Å²) in [7, 11) is 0. The minimum Gasteiger partial charge on any atom is -0.494 e. The molecule has 0 bridgehead atoms. The Hall–Kier alpha value is -1.51. The fourth-order valence-corrected chi connectivity index (χ4v) is 1.50. The van der Waals surface area contributed by atoms with Gasteiger partial charge < -0.3 is 9.47 Å². The van der Waals surface area contributed by atoms with Gasteiger partial charge in [-0.15, -0.1) is 0 Å². The zero-order chi connectivity index (χ0) is 9.97. The highest BCUT2D eigenvalue weighted by atomic mass is 16.5. The number of carbonyl (C=O) groups excluding carboxylic acids is 1. The topological polar surface area (TPSA) is 35.5 Å². The maximum atomic E-state index is 11.0. The van der Waals surface area contributed by atoms with Gasteiger partial charge in [0.05, 0.1) is 13.0 Å². The van der Waals surface area contributed by atoms with Crippen LogP contribution in [0.5, 0.6) is 11.5 Å². The van der Waals surface area contributed by atoms with Crippen molar-refractivity contribution in [2.75, 3.05) is 6.61 Å². The van der Waals surface area contributed by atoms with E-state index in [4.69, 9.17) is 9.47 Å². The first kappa shape index (κ1) is 9.06. The molecule has 0 amide bonds. The number of fused-ring (bicyclic) bond motifs is 1. The molecule has 1 aliphatic heterocycles. The van der Waals surface area contributed by atoms with Gasteiger partial charge in [-0.1, -0.05) is 6.07 Å². The Morgan fingerprint density at radius 2 is 2.29 bits per heavy atom. The number of hydrogen-bond donors (Lipinski definition) is 0. The van der Waals surface area contributed by atoms with Crippen LogP contribution in [0.3, 0.4) is 0 Å². The van der Waals surface area contributed by atoms with E-state index < -0.39 is 0 Å². The van der Waals surface area contributed by atoms with E-state index >= 15 is 0 Å². The summed E-state index contributed by atoms with van der Waals surface area (Å²) in [4.78, 5) is 11.0. The van der Waals surface area contributed by atoms with Crippen LogP contribution in [0.2, 0.25) is 0 Å². The molecule has 1 aliphatic rings. The van der Waals surface area contributed by atoms with E-state index in [-0.39, 0.29) is 5.97 Å². The Labute approximate surface area is 82.6 Å². The third kappa shape index (κ3) is 1.71. The third-order valence-corrected chi connectivity index (χ3v) is 2.17. The molecule has 1 heterocycles. The van der Waals surface area contributed by atoms with Gasteiger partial charge in [0.25, 0.3) is 0 Å². The van der Waals surface area contributed by atoms with E-state index in [1.54, 1.807) is 6.07 Å². The molecule has 0 saturated carbocycles. The van der Waals surface area contributed by atoms with Crippen LogP contribution >= 0.6 is 0 Å². The second-order valence-corrected chi connectivity index (χ2v) is 3.18. The fraction of sp³-hybridized carbons (Fsp3) is 0.364. The summed E-state index contributed by atoms with van der Waals surface area (Å²) in [6.07, 6.45) is 1.24. The summed E-state index contributed by atoms with van der Waals surface area (Å²) >= 11 is 0. The summed E-state index contributed by atoms with van der Waals surface area (Å²) < 4.78 is 10.4. The lowest BCUT2D eigenvalue weighted by Crippen LogP contribution is -2.15. The number of benzene rings is 1. The first-order valence-corrected chi connectivity index (χ1v) is 4.76. The van der Waals surface area contributed by atoms with Crippen LogP contribution in [-0.4, -0.2) is 12.6 Å². The molecule has 2 rings (SSSR count). The van der Waals surface area contributed by atoms with E-state index in [2.05, 4.69) is 0 Å². The lowest BCUT2D eigenvalue weighted by Gasteiger charge is -2.16. The Balaban J connectivity index is 2.28. The van der Waals surface area contributed by atoms with Gasteiger partial charge in [0.15, 0.2) is 0 Å². The van der Waals surface area contributed by atoms with Crippen molar-refractivity contribution in [1.82, 2.24) is 0 Å². The molecule has 1 aromatic carbocycles. The first-order chi connectivity index (χ1) is 6.79. The second-order valence-electron chi connectivity index (χ2n) is 3.18. The molecule has 0 N–H and O–H groups in total. The molecule has 3 heteroatoms. The predicted octanol–water partition coefficient (Wildman–Crippen LogP) is 1.94.